The number of benzene rings is 1. The summed E-state index contributed by atoms with van der Waals surface area (Å²) in [6.07, 6.45) is 0.521. The zero-order valence-electron chi connectivity index (χ0n) is 9.88. The number of thiol groups is 1. The van der Waals surface area contributed by atoms with Crippen LogP contribution >= 0.6 is 12.8 Å². The number of aliphatic carboxylic acids is 1. The van der Waals surface area contributed by atoms with Crippen molar-refractivity contribution >= 4 is 18.8 Å². The third-order valence-corrected chi connectivity index (χ3v) is 2.50. The number of carboxylic acid groups (broad SMARTS) is 1. The molecule has 0 radical (unpaired) electrons. The van der Waals surface area contributed by atoms with E-state index in [1.54, 1.807) is 0 Å². The molecule has 0 spiro atoms. The Bertz CT molecular complexity index is 365. The second-order valence-corrected chi connectivity index (χ2v) is 4.29. The summed E-state index contributed by atoms with van der Waals surface area (Å²) in [6.45, 7) is 3.92. The highest BCUT2D eigenvalue weighted by Gasteiger charge is 2.15. The number of carboxylic acids is 1. The molecule has 1 aromatic carbocycles. The summed E-state index contributed by atoms with van der Waals surface area (Å²) in [6, 6.07) is 6.71. The summed E-state index contributed by atoms with van der Waals surface area (Å²) in [5, 5.41) is 8.87. The lowest BCUT2D eigenvalue weighted by molar-refractivity contribution is -0.138. The fourth-order valence-corrected chi connectivity index (χ4v) is 1.60. The lowest BCUT2D eigenvalue weighted by atomic mass is 10.1. The molecule has 1 aromatic rings. The zero-order valence-corrected chi connectivity index (χ0v) is 10.8. The predicted molar refractivity (Wildman–Crippen MR) is 69.5 cm³/mol. The monoisotopic (exact) mass is 255 g/mol. The van der Waals surface area contributed by atoms with Crippen LogP contribution in [0.5, 0.6) is 5.75 Å². The normalized spacial score (nSPS) is 12.5. The molecule has 0 bridgehead atoms. The Morgan fingerprint density at radius 1 is 1.41 bits per heavy atom. The van der Waals surface area contributed by atoms with E-state index in [0.717, 1.165) is 11.3 Å². The Morgan fingerprint density at radius 2 is 2.00 bits per heavy atom. The van der Waals surface area contributed by atoms with Gasteiger partial charge in [0.15, 0.2) is 0 Å². The van der Waals surface area contributed by atoms with Gasteiger partial charge in [-0.2, -0.15) is 0 Å². The van der Waals surface area contributed by atoms with Crippen LogP contribution in [0.15, 0.2) is 24.3 Å². The Kier molecular flexibility index (Phi) is 5.31. The fourth-order valence-electron chi connectivity index (χ4n) is 1.40. The van der Waals surface area contributed by atoms with E-state index >= 15 is 0 Å². The van der Waals surface area contributed by atoms with Crippen molar-refractivity contribution in [2.45, 2.75) is 32.4 Å². The maximum Gasteiger partial charge on any atom is 0.321 e. The quantitative estimate of drug-likeness (QED) is 0.680. The van der Waals surface area contributed by atoms with Gasteiger partial charge in [-0.3, -0.25) is 9.52 Å². The molecule has 0 unspecified atom stereocenters. The highest BCUT2D eigenvalue weighted by molar-refractivity contribution is 7.78. The molecule has 17 heavy (non-hydrogen) atoms. The molecule has 94 valence electrons. The van der Waals surface area contributed by atoms with Crippen molar-refractivity contribution in [1.29, 1.82) is 0 Å². The number of nitrogens with one attached hydrogen (secondary N) is 1. The highest BCUT2D eigenvalue weighted by Crippen LogP contribution is 2.15. The molecule has 0 fully saturated rings. The van der Waals surface area contributed by atoms with Crippen LogP contribution in [0.4, 0.5) is 0 Å². The summed E-state index contributed by atoms with van der Waals surface area (Å²) in [4.78, 5) is 10.8. The van der Waals surface area contributed by atoms with Gasteiger partial charge in [-0.1, -0.05) is 24.9 Å². The first kappa shape index (κ1) is 13.9. The number of ether oxygens (including phenoxy) is 1. The van der Waals surface area contributed by atoms with E-state index in [2.05, 4.69) is 17.5 Å². The van der Waals surface area contributed by atoms with Crippen LogP contribution in [0.25, 0.3) is 0 Å². The minimum absolute atomic E-state index is 0.131. The van der Waals surface area contributed by atoms with Gasteiger partial charge in [0.2, 0.25) is 0 Å². The number of hydrogen-bond acceptors (Lipinski definition) is 4. The van der Waals surface area contributed by atoms with Crippen LogP contribution in [0.1, 0.15) is 19.4 Å². The first-order chi connectivity index (χ1) is 8.02. The summed E-state index contributed by atoms with van der Waals surface area (Å²) >= 11 is 3.80. The lowest BCUT2D eigenvalue weighted by Crippen LogP contribution is -2.32. The summed E-state index contributed by atoms with van der Waals surface area (Å²) in [7, 11) is 0. The van der Waals surface area contributed by atoms with Gasteiger partial charge in [0.1, 0.15) is 11.8 Å². The van der Waals surface area contributed by atoms with Crippen LogP contribution in [-0.2, 0) is 11.2 Å². The van der Waals surface area contributed by atoms with Crippen LogP contribution < -0.4 is 9.46 Å². The minimum Gasteiger partial charge on any atom is -0.491 e. The Labute approximate surface area is 107 Å². The zero-order chi connectivity index (χ0) is 12.8. The molecule has 0 heterocycles. The molecule has 1 atom stereocenters. The largest absolute Gasteiger partial charge is 0.491 e. The molecule has 0 saturated heterocycles. The number of carbonyl (C=O) groups is 1. The summed E-state index contributed by atoms with van der Waals surface area (Å²) < 4.78 is 7.96. The summed E-state index contributed by atoms with van der Waals surface area (Å²) in [5.41, 5.74) is 0.926. The van der Waals surface area contributed by atoms with E-state index < -0.39 is 12.0 Å². The van der Waals surface area contributed by atoms with Crippen LogP contribution in [0.2, 0.25) is 0 Å². The average Bonchev–Trinajstić information content (AvgIpc) is 2.26. The van der Waals surface area contributed by atoms with Crippen LogP contribution in [-0.4, -0.2) is 23.2 Å². The lowest BCUT2D eigenvalue weighted by Gasteiger charge is -2.12. The molecule has 0 amide bonds. The van der Waals surface area contributed by atoms with Gasteiger partial charge in [0.05, 0.1) is 6.10 Å². The topological polar surface area (TPSA) is 58.6 Å². The first-order valence-electron chi connectivity index (χ1n) is 5.41. The Balaban J connectivity index is 2.64. The minimum atomic E-state index is -0.914. The van der Waals surface area contributed by atoms with Crippen molar-refractivity contribution in [2.75, 3.05) is 0 Å². The highest BCUT2D eigenvalue weighted by atomic mass is 32.1. The molecule has 1 rings (SSSR count). The molecule has 0 aromatic heterocycles. The predicted octanol–water partition coefficient (Wildman–Crippen LogP) is 1.90. The molecule has 4 nitrogen and oxygen atoms in total. The number of rotatable bonds is 6. The fraction of sp³-hybridized carbons (Fsp3) is 0.417. The molecular weight excluding hydrogens is 238 g/mol. The second kappa shape index (κ2) is 6.51. The van der Waals surface area contributed by atoms with E-state index in [0.29, 0.717) is 6.42 Å². The first-order valence-corrected chi connectivity index (χ1v) is 5.85. The third-order valence-electron chi connectivity index (χ3n) is 2.19. The molecule has 5 heteroatoms. The maximum atomic E-state index is 10.8. The van der Waals surface area contributed by atoms with Crippen molar-refractivity contribution in [1.82, 2.24) is 4.72 Å². The molecule has 0 saturated carbocycles. The van der Waals surface area contributed by atoms with Gasteiger partial charge >= 0.3 is 5.97 Å². The van der Waals surface area contributed by atoms with Crippen molar-refractivity contribution in [3.05, 3.63) is 29.8 Å². The second-order valence-electron chi connectivity index (χ2n) is 4.03. The van der Waals surface area contributed by atoms with Gasteiger partial charge in [0, 0.05) is 0 Å². The molecular formula is C12H17NO3S. The van der Waals surface area contributed by atoms with Crippen molar-refractivity contribution in [3.63, 3.8) is 0 Å². The van der Waals surface area contributed by atoms with Crippen LogP contribution in [0, 0.1) is 0 Å². The van der Waals surface area contributed by atoms with Crippen molar-refractivity contribution in [2.24, 2.45) is 0 Å². The van der Waals surface area contributed by atoms with Crippen molar-refractivity contribution < 1.29 is 14.6 Å². The Morgan fingerprint density at radius 3 is 2.41 bits per heavy atom. The van der Waals surface area contributed by atoms with Crippen LogP contribution in [0.3, 0.4) is 0 Å². The van der Waals surface area contributed by atoms with E-state index in [1.165, 1.54) is 0 Å². The molecule has 0 aliphatic carbocycles. The van der Waals surface area contributed by atoms with E-state index in [1.807, 2.05) is 38.1 Å². The van der Waals surface area contributed by atoms with Gasteiger partial charge in [-0.25, -0.2) is 0 Å². The van der Waals surface area contributed by atoms with Crippen molar-refractivity contribution in [3.8, 4) is 5.75 Å². The Hall–Kier alpha value is -1.20. The molecule has 0 aliphatic heterocycles. The molecule has 0 aliphatic rings. The van der Waals surface area contributed by atoms with Gasteiger partial charge in [-0.15, -0.1) is 0 Å². The molecule has 2 N–H and O–H groups in total. The van der Waals surface area contributed by atoms with E-state index in [9.17, 15) is 4.79 Å². The average molecular weight is 255 g/mol. The standard InChI is InChI=1S/C12H17NO3S/c1-8(2)16-10-5-3-9(4-6-10)7-11(13-17)12(14)15/h3-6,8,11,13,17H,7H2,1-2H3,(H,14,15)/t11-/m0/s1. The van der Waals surface area contributed by atoms with E-state index in [-0.39, 0.29) is 6.10 Å². The maximum absolute atomic E-state index is 10.8. The smallest absolute Gasteiger partial charge is 0.321 e. The third kappa shape index (κ3) is 4.66. The SMILES string of the molecule is CC(C)Oc1ccc(C[C@H](NS)C(=O)O)cc1. The van der Waals surface area contributed by atoms with Gasteiger partial charge in [0.25, 0.3) is 0 Å². The van der Waals surface area contributed by atoms with Gasteiger partial charge < -0.3 is 9.84 Å². The van der Waals surface area contributed by atoms with E-state index in [4.69, 9.17) is 9.84 Å². The number of hydrogen-bond donors (Lipinski definition) is 3. The van der Waals surface area contributed by atoms with Gasteiger partial charge in [-0.05, 0) is 38.0 Å². The summed E-state index contributed by atoms with van der Waals surface area (Å²) in [5.74, 6) is -0.128.